The lowest BCUT2D eigenvalue weighted by Gasteiger charge is -2.17. The van der Waals surface area contributed by atoms with Gasteiger partial charge in [0, 0.05) is 12.6 Å². The molecule has 4 nitrogen and oxygen atoms in total. The minimum atomic E-state index is -3.55. The molecule has 0 amide bonds. The first-order valence-corrected chi connectivity index (χ1v) is 8.34. The third-order valence-electron chi connectivity index (χ3n) is 3.25. The monoisotopic (exact) mass is 302 g/mol. The van der Waals surface area contributed by atoms with Gasteiger partial charge < -0.3 is 5.32 Å². The van der Waals surface area contributed by atoms with Crippen molar-refractivity contribution in [1.29, 1.82) is 0 Å². The van der Waals surface area contributed by atoms with Crippen LogP contribution in [0, 0.1) is 6.92 Å². The number of nitrogens with one attached hydrogen (secondary N) is 2. The van der Waals surface area contributed by atoms with Gasteiger partial charge in [0.15, 0.2) is 0 Å². The highest BCUT2D eigenvalue weighted by Gasteiger charge is 2.23. The van der Waals surface area contributed by atoms with Gasteiger partial charge in [0.1, 0.15) is 4.90 Å². The molecule has 0 saturated carbocycles. The Balaban J connectivity index is 2.17. The molecule has 19 heavy (non-hydrogen) atoms. The Kier molecular flexibility index (Phi) is 4.84. The normalized spacial score (nSPS) is 21.1. The minimum absolute atomic E-state index is 0.0649. The van der Waals surface area contributed by atoms with Gasteiger partial charge in [0.2, 0.25) is 10.0 Å². The van der Waals surface area contributed by atoms with E-state index < -0.39 is 10.0 Å². The maximum absolute atomic E-state index is 12.3. The van der Waals surface area contributed by atoms with Gasteiger partial charge in [0.25, 0.3) is 0 Å². The first kappa shape index (κ1) is 14.8. The van der Waals surface area contributed by atoms with Gasteiger partial charge in [0.05, 0.1) is 5.02 Å². The van der Waals surface area contributed by atoms with Crippen LogP contribution in [0.5, 0.6) is 0 Å². The van der Waals surface area contributed by atoms with Gasteiger partial charge in [-0.3, -0.25) is 0 Å². The summed E-state index contributed by atoms with van der Waals surface area (Å²) in [5, 5.41) is 3.51. The third-order valence-corrected chi connectivity index (χ3v) is 5.25. The molecule has 0 aliphatic carbocycles. The van der Waals surface area contributed by atoms with Crippen LogP contribution in [0.3, 0.4) is 0 Å². The third kappa shape index (κ3) is 3.92. The molecule has 2 rings (SSSR count). The Labute approximate surface area is 119 Å². The summed E-state index contributed by atoms with van der Waals surface area (Å²) < 4.78 is 27.4. The molecule has 1 aromatic rings. The molecule has 1 fully saturated rings. The lowest BCUT2D eigenvalue weighted by Crippen LogP contribution is -2.40. The summed E-state index contributed by atoms with van der Waals surface area (Å²) in [6.07, 6.45) is 2.97. The average molecular weight is 303 g/mol. The van der Waals surface area contributed by atoms with Crippen LogP contribution in [0.15, 0.2) is 23.1 Å². The predicted octanol–water partition coefficient (Wildman–Crippen LogP) is 2.07. The molecule has 1 heterocycles. The Hall–Kier alpha value is -0.620. The smallest absolute Gasteiger partial charge is 0.242 e. The van der Waals surface area contributed by atoms with Gasteiger partial charge >= 0.3 is 0 Å². The lowest BCUT2D eigenvalue weighted by atomic mass is 10.2. The molecule has 1 aliphatic heterocycles. The molecule has 1 aliphatic rings. The van der Waals surface area contributed by atoms with Crippen LogP contribution in [-0.4, -0.2) is 27.5 Å². The van der Waals surface area contributed by atoms with Crippen LogP contribution in [0.1, 0.15) is 24.8 Å². The highest BCUT2D eigenvalue weighted by Crippen LogP contribution is 2.23. The van der Waals surface area contributed by atoms with Crippen molar-refractivity contribution in [3.8, 4) is 0 Å². The van der Waals surface area contributed by atoms with Gasteiger partial charge in [-0.2, -0.15) is 0 Å². The largest absolute Gasteiger partial charge is 0.315 e. The van der Waals surface area contributed by atoms with Crippen LogP contribution in [0.2, 0.25) is 5.02 Å². The van der Waals surface area contributed by atoms with E-state index in [4.69, 9.17) is 11.6 Å². The van der Waals surface area contributed by atoms with Crippen LogP contribution < -0.4 is 10.0 Å². The van der Waals surface area contributed by atoms with Crippen molar-refractivity contribution in [3.05, 3.63) is 28.8 Å². The van der Waals surface area contributed by atoms with Crippen molar-refractivity contribution in [3.63, 3.8) is 0 Å². The van der Waals surface area contributed by atoms with E-state index in [1.165, 1.54) is 0 Å². The van der Waals surface area contributed by atoms with E-state index in [0.717, 1.165) is 31.4 Å². The fourth-order valence-electron chi connectivity index (χ4n) is 2.23. The summed E-state index contributed by atoms with van der Waals surface area (Å²) in [6.45, 7) is 3.50. The van der Waals surface area contributed by atoms with E-state index in [9.17, 15) is 8.42 Å². The van der Waals surface area contributed by atoms with Crippen LogP contribution in [0.25, 0.3) is 0 Å². The zero-order valence-electron chi connectivity index (χ0n) is 10.9. The van der Waals surface area contributed by atoms with E-state index in [1.54, 1.807) is 18.2 Å². The Morgan fingerprint density at radius 1 is 1.37 bits per heavy atom. The van der Waals surface area contributed by atoms with Crippen LogP contribution in [0.4, 0.5) is 0 Å². The molecular formula is C13H19ClN2O2S. The number of sulfonamides is 1. The zero-order chi connectivity index (χ0) is 13.9. The number of hydrogen-bond donors (Lipinski definition) is 2. The van der Waals surface area contributed by atoms with Gasteiger partial charge in [-0.05, 0) is 44.0 Å². The summed E-state index contributed by atoms with van der Waals surface area (Å²) in [6, 6.07) is 4.92. The topological polar surface area (TPSA) is 58.2 Å². The molecular weight excluding hydrogens is 284 g/mol. The second-order valence-corrected chi connectivity index (χ2v) is 7.04. The van der Waals surface area contributed by atoms with Crippen molar-refractivity contribution < 1.29 is 8.42 Å². The van der Waals surface area contributed by atoms with E-state index in [-0.39, 0.29) is 16.0 Å². The molecule has 0 bridgehead atoms. The summed E-state index contributed by atoms with van der Waals surface area (Å²) in [5.41, 5.74) is 0.945. The van der Waals surface area contributed by atoms with Crippen LogP contribution in [-0.2, 0) is 10.0 Å². The predicted molar refractivity (Wildman–Crippen MR) is 77.0 cm³/mol. The molecule has 6 heteroatoms. The number of halogens is 1. The number of hydrogen-bond acceptors (Lipinski definition) is 3. The second kappa shape index (κ2) is 6.22. The Bertz CT molecular complexity index is 538. The molecule has 0 spiro atoms. The second-order valence-electron chi connectivity index (χ2n) is 4.95. The summed E-state index contributed by atoms with van der Waals surface area (Å²) in [5.74, 6) is 0. The maximum atomic E-state index is 12.3. The number of benzene rings is 1. The molecule has 1 unspecified atom stereocenters. The lowest BCUT2D eigenvalue weighted by molar-refractivity contribution is 0.521. The fourth-order valence-corrected chi connectivity index (χ4v) is 4.10. The molecule has 1 atom stereocenters. The summed E-state index contributed by atoms with van der Waals surface area (Å²) >= 11 is 6.03. The van der Waals surface area contributed by atoms with Gasteiger partial charge in [-0.25, -0.2) is 13.1 Å². The SMILES string of the molecule is Cc1ccc(S(=O)(=O)NC2CCCCNC2)c(Cl)c1. The average Bonchev–Trinajstić information content (AvgIpc) is 2.56. The first-order chi connectivity index (χ1) is 8.99. The number of aryl methyl sites for hydroxylation is 1. The van der Waals surface area contributed by atoms with Crippen molar-refractivity contribution in [2.45, 2.75) is 37.1 Å². The van der Waals surface area contributed by atoms with E-state index in [0.29, 0.717) is 6.54 Å². The molecule has 0 aromatic heterocycles. The quantitative estimate of drug-likeness (QED) is 0.898. The molecule has 1 aromatic carbocycles. The zero-order valence-corrected chi connectivity index (χ0v) is 12.5. The van der Waals surface area contributed by atoms with Crippen molar-refractivity contribution in [2.24, 2.45) is 0 Å². The summed E-state index contributed by atoms with van der Waals surface area (Å²) in [4.78, 5) is 0.156. The van der Waals surface area contributed by atoms with Crippen molar-refractivity contribution >= 4 is 21.6 Å². The minimum Gasteiger partial charge on any atom is -0.315 e. The highest BCUT2D eigenvalue weighted by atomic mass is 35.5. The number of rotatable bonds is 3. The Morgan fingerprint density at radius 2 is 2.16 bits per heavy atom. The van der Waals surface area contributed by atoms with E-state index >= 15 is 0 Å². The van der Waals surface area contributed by atoms with Gasteiger partial charge in [-0.15, -0.1) is 0 Å². The van der Waals surface area contributed by atoms with E-state index in [2.05, 4.69) is 10.0 Å². The highest BCUT2D eigenvalue weighted by molar-refractivity contribution is 7.89. The van der Waals surface area contributed by atoms with Crippen molar-refractivity contribution in [2.75, 3.05) is 13.1 Å². The molecule has 0 radical (unpaired) electrons. The molecule has 2 N–H and O–H groups in total. The fraction of sp³-hybridized carbons (Fsp3) is 0.538. The van der Waals surface area contributed by atoms with Crippen LogP contribution >= 0.6 is 11.6 Å². The molecule has 1 saturated heterocycles. The van der Waals surface area contributed by atoms with Gasteiger partial charge in [-0.1, -0.05) is 24.1 Å². The molecule has 106 valence electrons. The summed E-state index contributed by atoms with van der Waals surface area (Å²) in [7, 11) is -3.55. The first-order valence-electron chi connectivity index (χ1n) is 6.48. The Morgan fingerprint density at radius 3 is 2.89 bits per heavy atom. The standard InChI is InChI=1S/C13H19ClN2O2S/c1-10-5-6-13(12(14)8-10)19(17,18)16-11-4-2-3-7-15-9-11/h5-6,8,11,15-16H,2-4,7,9H2,1H3. The van der Waals surface area contributed by atoms with Crippen molar-refractivity contribution in [1.82, 2.24) is 10.0 Å². The maximum Gasteiger partial charge on any atom is 0.242 e. The van der Waals surface area contributed by atoms with E-state index in [1.807, 2.05) is 6.92 Å².